The molecular formula is C24H23Cl2Zr-. The summed E-state index contributed by atoms with van der Waals surface area (Å²) in [6, 6.07) is 16.7. The van der Waals surface area contributed by atoms with Gasteiger partial charge >= 0.3 is 59.5 Å². The Labute approximate surface area is 190 Å². The van der Waals surface area contributed by atoms with Gasteiger partial charge in [-0.25, -0.2) is 0 Å². The summed E-state index contributed by atoms with van der Waals surface area (Å²) in [5.74, 6) is 0.416. The summed E-state index contributed by atoms with van der Waals surface area (Å²) in [4.78, 5) is 0. The molecule has 2 aromatic carbocycles. The third-order valence-electron chi connectivity index (χ3n) is 5.29. The Bertz CT molecular complexity index is 831. The first kappa shape index (κ1) is 22.5. The van der Waals surface area contributed by atoms with Crippen LogP contribution >= 0.6 is 0 Å². The zero-order chi connectivity index (χ0) is 17.1. The zero-order valence-corrected chi connectivity index (χ0v) is 19.3. The van der Waals surface area contributed by atoms with Gasteiger partial charge in [-0.2, -0.15) is 23.8 Å². The fraction of sp³-hybridized carbons (Fsp3) is 0.292. The molecule has 0 spiro atoms. The monoisotopic (exact) mass is 471 g/mol. The van der Waals surface area contributed by atoms with E-state index < -0.39 is 0 Å². The Kier molecular flexibility index (Phi) is 8.94. The summed E-state index contributed by atoms with van der Waals surface area (Å²) in [5, 5.41) is 0. The molecule has 0 N–H and O–H groups in total. The van der Waals surface area contributed by atoms with Crippen LogP contribution in [0.25, 0.3) is 11.1 Å². The number of hydrogen-bond acceptors (Lipinski definition) is 0. The van der Waals surface area contributed by atoms with Crippen molar-refractivity contribution in [3.63, 3.8) is 0 Å². The van der Waals surface area contributed by atoms with Gasteiger partial charge in [-0.05, 0) is 12.3 Å². The Morgan fingerprint density at radius 2 is 1.52 bits per heavy atom. The predicted octanol–water partition coefficient (Wildman–Crippen LogP) is -0.0547. The number of halogens is 2. The number of benzene rings is 2. The summed E-state index contributed by atoms with van der Waals surface area (Å²) < 4.78 is 1.80. The summed E-state index contributed by atoms with van der Waals surface area (Å²) >= 11 is 1.69. The molecule has 138 valence electrons. The Morgan fingerprint density at radius 1 is 0.815 bits per heavy atom. The van der Waals surface area contributed by atoms with Crippen molar-refractivity contribution in [1.82, 2.24) is 0 Å². The molecule has 0 bridgehead atoms. The molecule has 0 unspecified atom stereocenters. The fourth-order valence-corrected chi connectivity index (χ4v) is 4.76. The van der Waals surface area contributed by atoms with Gasteiger partial charge in [0.05, 0.1) is 0 Å². The summed E-state index contributed by atoms with van der Waals surface area (Å²) in [6.07, 6.45) is 17.0. The molecule has 3 aliphatic rings. The first-order valence-electron chi connectivity index (χ1n) is 9.36. The molecule has 0 saturated heterocycles. The van der Waals surface area contributed by atoms with Gasteiger partial charge in [-0.3, -0.25) is 0 Å². The van der Waals surface area contributed by atoms with Gasteiger partial charge in [0.2, 0.25) is 0 Å². The third-order valence-corrected chi connectivity index (χ3v) is 6.52. The van der Waals surface area contributed by atoms with Crippen LogP contribution in [0.5, 0.6) is 0 Å². The van der Waals surface area contributed by atoms with Gasteiger partial charge in [0, 0.05) is 0 Å². The molecular weight excluding hydrogens is 450 g/mol. The molecule has 3 heteroatoms. The number of fused-ring (bicyclic) bond motifs is 3. The normalized spacial score (nSPS) is 16.6. The average molecular weight is 474 g/mol. The molecule has 0 atom stereocenters. The van der Waals surface area contributed by atoms with E-state index in [1.54, 1.807) is 27.4 Å². The van der Waals surface area contributed by atoms with Gasteiger partial charge < -0.3 is 24.8 Å². The van der Waals surface area contributed by atoms with E-state index >= 15 is 0 Å². The number of rotatable bonds is 1. The van der Waals surface area contributed by atoms with Crippen molar-refractivity contribution in [3.05, 3.63) is 83.5 Å². The maximum atomic E-state index is 3.61. The largest absolute Gasteiger partial charge is 0.175 e. The second-order valence-electron chi connectivity index (χ2n) is 7.10. The SMILES string of the molecule is [Cl-].[Cl-].[Zr+2]=[C]1CCCCC1.[c-]1c(C2C=CC=C2)ccc2c1Cc1ccccc1-2. The zero-order valence-electron chi connectivity index (χ0n) is 15.3. The van der Waals surface area contributed by atoms with Crippen molar-refractivity contribution in [1.29, 1.82) is 0 Å². The average Bonchev–Trinajstić information content (AvgIpc) is 3.30. The second kappa shape index (κ2) is 10.7. The van der Waals surface area contributed by atoms with Crippen molar-refractivity contribution in [2.45, 2.75) is 44.4 Å². The van der Waals surface area contributed by atoms with Crippen molar-refractivity contribution < 1.29 is 49.0 Å². The molecule has 5 rings (SSSR count). The maximum Gasteiger partial charge on any atom is -0.00217 e. The van der Waals surface area contributed by atoms with Crippen molar-refractivity contribution in [3.8, 4) is 11.1 Å². The first-order chi connectivity index (χ1) is 12.3. The molecule has 27 heavy (non-hydrogen) atoms. The minimum atomic E-state index is 0. The smallest absolute Gasteiger partial charge is 0.00217 e. The molecule has 0 aliphatic heterocycles. The van der Waals surface area contributed by atoms with E-state index in [1.165, 1.54) is 59.9 Å². The van der Waals surface area contributed by atoms with E-state index in [4.69, 9.17) is 0 Å². The van der Waals surface area contributed by atoms with Crippen LogP contribution in [0.15, 0.2) is 60.7 Å². The Hall–Kier alpha value is -0.747. The van der Waals surface area contributed by atoms with Crippen LogP contribution < -0.4 is 24.8 Å². The third kappa shape index (κ3) is 5.41. The van der Waals surface area contributed by atoms with Gasteiger partial charge in [0.1, 0.15) is 0 Å². The fourth-order valence-electron chi connectivity index (χ4n) is 3.89. The van der Waals surface area contributed by atoms with Crippen LogP contribution in [-0.4, -0.2) is 3.21 Å². The molecule has 3 aliphatic carbocycles. The molecule has 0 radical (unpaired) electrons. The van der Waals surface area contributed by atoms with E-state index in [0.717, 1.165) is 6.42 Å². The van der Waals surface area contributed by atoms with E-state index in [1.807, 2.05) is 0 Å². The van der Waals surface area contributed by atoms with E-state index in [-0.39, 0.29) is 24.8 Å². The van der Waals surface area contributed by atoms with Crippen LogP contribution in [0.1, 0.15) is 54.7 Å². The Balaban J connectivity index is 0.000000250. The van der Waals surface area contributed by atoms with Gasteiger partial charge in [-0.15, -0.1) is 11.1 Å². The van der Waals surface area contributed by atoms with E-state index in [9.17, 15) is 0 Å². The molecule has 1 saturated carbocycles. The van der Waals surface area contributed by atoms with Crippen molar-refractivity contribution in [2.24, 2.45) is 0 Å². The van der Waals surface area contributed by atoms with Crippen molar-refractivity contribution in [2.75, 3.05) is 0 Å². The number of hydrogen-bond donors (Lipinski definition) is 0. The summed E-state index contributed by atoms with van der Waals surface area (Å²) in [5.41, 5.74) is 6.81. The predicted molar refractivity (Wildman–Crippen MR) is 103 cm³/mol. The number of allylic oxidation sites excluding steroid dienone is 4. The topological polar surface area (TPSA) is 0 Å². The second-order valence-corrected chi connectivity index (χ2v) is 8.84. The molecule has 0 amide bonds. The van der Waals surface area contributed by atoms with Crippen LogP contribution in [0.4, 0.5) is 0 Å². The van der Waals surface area contributed by atoms with Crippen molar-refractivity contribution >= 4 is 3.21 Å². The minimum absolute atomic E-state index is 0. The molecule has 0 nitrogen and oxygen atoms in total. The standard InChI is InChI=1S/C18H13.C6H10.2ClH.Zr/c1-2-6-13(5-1)14-9-10-18-16(11-14)12-15-7-3-4-8-17(15)18;1-2-4-6-5-3-1;;;/h1-10,13H,12H2;1-5H2;2*1H;/q-1;;;;+2/p-2. The van der Waals surface area contributed by atoms with E-state index in [0.29, 0.717) is 5.92 Å². The summed E-state index contributed by atoms with van der Waals surface area (Å²) in [7, 11) is 0. The first-order valence-corrected chi connectivity index (χ1v) is 10.6. The van der Waals surface area contributed by atoms with Crippen LogP contribution in [-0.2, 0) is 30.7 Å². The maximum absolute atomic E-state index is 3.61. The quantitative estimate of drug-likeness (QED) is 0.435. The minimum Gasteiger partial charge on any atom is -0.175 e. The molecule has 2 aromatic rings. The summed E-state index contributed by atoms with van der Waals surface area (Å²) in [6.45, 7) is 0. The van der Waals surface area contributed by atoms with Gasteiger partial charge in [0.25, 0.3) is 0 Å². The van der Waals surface area contributed by atoms with Gasteiger partial charge in [0.15, 0.2) is 0 Å². The Morgan fingerprint density at radius 3 is 2.19 bits per heavy atom. The van der Waals surface area contributed by atoms with Crippen LogP contribution in [0.3, 0.4) is 0 Å². The molecule has 0 heterocycles. The van der Waals surface area contributed by atoms with Crippen LogP contribution in [0.2, 0.25) is 0 Å². The van der Waals surface area contributed by atoms with Crippen LogP contribution in [0, 0.1) is 6.07 Å². The van der Waals surface area contributed by atoms with E-state index in [2.05, 4.69) is 66.8 Å². The molecule has 0 aromatic heterocycles. The van der Waals surface area contributed by atoms with Gasteiger partial charge in [-0.1, -0.05) is 59.7 Å². The molecule has 1 fully saturated rings.